The highest BCUT2D eigenvalue weighted by molar-refractivity contribution is 5.58. The summed E-state index contributed by atoms with van der Waals surface area (Å²) in [6.07, 6.45) is 1.88. The highest BCUT2D eigenvalue weighted by Gasteiger charge is 2.27. The maximum absolute atomic E-state index is 9.11. The van der Waals surface area contributed by atoms with Crippen LogP contribution in [0.25, 0.3) is 11.3 Å². The number of ether oxygens (including phenoxy) is 1. The summed E-state index contributed by atoms with van der Waals surface area (Å²) in [4.78, 5) is 10.4. The van der Waals surface area contributed by atoms with Crippen molar-refractivity contribution < 1.29 is 4.74 Å². The average molecular weight is 344 g/mol. The number of nitrogens with one attached hydrogen (secondary N) is 1. The minimum absolute atomic E-state index is 0.0759. The molecule has 1 aliphatic heterocycles. The van der Waals surface area contributed by atoms with Gasteiger partial charge in [0.1, 0.15) is 5.82 Å². The first-order valence-corrected chi connectivity index (χ1v) is 8.74. The summed E-state index contributed by atoms with van der Waals surface area (Å²) in [6, 6.07) is 20.2. The number of nitrogens with zero attached hydrogens (tertiary/aromatic N) is 3. The first-order valence-electron chi connectivity index (χ1n) is 8.74. The van der Waals surface area contributed by atoms with Gasteiger partial charge in [-0.2, -0.15) is 5.26 Å². The predicted molar refractivity (Wildman–Crippen MR) is 99.2 cm³/mol. The van der Waals surface area contributed by atoms with E-state index < -0.39 is 0 Å². The molecule has 0 spiro atoms. The van der Waals surface area contributed by atoms with Gasteiger partial charge in [-0.15, -0.1) is 0 Å². The fourth-order valence-corrected chi connectivity index (χ4v) is 3.32. The SMILES string of the molecule is N#Cc1cccc(CN2CCOC[C@H]2c2ncc(-c3ccccc3)[nH]2)c1. The van der Waals surface area contributed by atoms with E-state index in [0.717, 1.165) is 35.7 Å². The molecule has 0 radical (unpaired) electrons. The van der Waals surface area contributed by atoms with Crippen molar-refractivity contribution in [1.29, 1.82) is 5.26 Å². The third-order valence-corrected chi connectivity index (χ3v) is 4.68. The molecule has 2 aromatic carbocycles. The van der Waals surface area contributed by atoms with E-state index in [1.807, 2.05) is 42.6 Å². The van der Waals surface area contributed by atoms with Gasteiger partial charge in [-0.05, 0) is 23.3 Å². The molecule has 1 aromatic heterocycles. The molecule has 0 bridgehead atoms. The van der Waals surface area contributed by atoms with E-state index in [2.05, 4.69) is 39.1 Å². The van der Waals surface area contributed by atoms with Gasteiger partial charge < -0.3 is 9.72 Å². The van der Waals surface area contributed by atoms with Crippen LogP contribution in [0.5, 0.6) is 0 Å². The number of benzene rings is 2. The molecule has 5 nitrogen and oxygen atoms in total. The van der Waals surface area contributed by atoms with Gasteiger partial charge in [0.2, 0.25) is 0 Å². The lowest BCUT2D eigenvalue weighted by atomic mass is 10.1. The molecule has 2 heterocycles. The second kappa shape index (κ2) is 7.52. The minimum atomic E-state index is 0.0759. The van der Waals surface area contributed by atoms with Crippen LogP contribution >= 0.6 is 0 Å². The molecule has 1 atom stereocenters. The van der Waals surface area contributed by atoms with Crippen molar-refractivity contribution in [2.75, 3.05) is 19.8 Å². The molecule has 0 saturated carbocycles. The summed E-state index contributed by atoms with van der Waals surface area (Å²) in [5.41, 5.74) is 3.95. The van der Waals surface area contributed by atoms with Gasteiger partial charge in [-0.1, -0.05) is 42.5 Å². The first kappa shape index (κ1) is 16.5. The molecular formula is C21H20N4O. The van der Waals surface area contributed by atoms with Gasteiger partial charge in [0.05, 0.1) is 42.8 Å². The van der Waals surface area contributed by atoms with E-state index in [0.29, 0.717) is 18.8 Å². The average Bonchev–Trinajstić information content (AvgIpc) is 3.19. The molecule has 0 amide bonds. The van der Waals surface area contributed by atoms with Crippen LogP contribution in [0.4, 0.5) is 0 Å². The molecule has 26 heavy (non-hydrogen) atoms. The van der Waals surface area contributed by atoms with E-state index in [-0.39, 0.29) is 6.04 Å². The molecule has 1 fully saturated rings. The Morgan fingerprint density at radius 2 is 2.08 bits per heavy atom. The lowest BCUT2D eigenvalue weighted by Gasteiger charge is -2.34. The Morgan fingerprint density at radius 1 is 1.19 bits per heavy atom. The van der Waals surface area contributed by atoms with Gasteiger partial charge >= 0.3 is 0 Å². The normalized spacial score (nSPS) is 17.7. The Balaban J connectivity index is 1.56. The van der Waals surface area contributed by atoms with Crippen molar-refractivity contribution in [3.63, 3.8) is 0 Å². The molecule has 1 N–H and O–H groups in total. The summed E-state index contributed by atoms with van der Waals surface area (Å²) in [7, 11) is 0. The van der Waals surface area contributed by atoms with E-state index in [4.69, 9.17) is 10.00 Å². The number of H-pyrrole nitrogens is 1. The lowest BCUT2D eigenvalue weighted by Crippen LogP contribution is -2.39. The third-order valence-electron chi connectivity index (χ3n) is 4.68. The molecule has 1 saturated heterocycles. The lowest BCUT2D eigenvalue weighted by molar-refractivity contribution is -0.0156. The number of hydrogen-bond donors (Lipinski definition) is 1. The minimum Gasteiger partial charge on any atom is -0.378 e. The Bertz CT molecular complexity index is 913. The number of aromatic amines is 1. The molecule has 0 unspecified atom stereocenters. The molecule has 4 rings (SSSR count). The zero-order valence-electron chi connectivity index (χ0n) is 14.4. The van der Waals surface area contributed by atoms with Crippen molar-refractivity contribution >= 4 is 0 Å². The number of imidazole rings is 1. The number of hydrogen-bond acceptors (Lipinski definition) is 4. The van der Waals surface area contributed by atoms with Crippen molar-refractivity contribution in [2.45, 2.75) is 12.6 Å². The van der Waals surface area contributed by atoms with E-state index in [9.17, 15) is 0 Å². The number of rotatable bonds is 4. The van der Waals surface area contributed by atoms with E-state index >= 15 is 0 Å². The van der Waals surface area contributed by atoms with Gasteiger partial charge in [0, 0.05) is 13.1 Å². The van der Waals surface area contributed by atoms with Crippen LogP contribution in [0, 0.1) is 11.3 Å². The smallest absolute Gasteiger partial charge is 0.126 e. The van der Waals surface area contributed by atoms with E-state index in [1.54, 1.807) is 0 Å². The monoisotopic (exact) mass is 344 g/mol. The van der Waals surface area contributed by atoms with Gasteiger partial charge in [0.15, 0.2) is 0 Å². The first-order chi connectivity index (χ1) is 12.8. The summed E-state index contributed by atoms with van der Waals surface area (Å²) in [5.74, 6) is 0.917. The summed E-state index contributed by atoms with van der Waals surface area (Å²) >= 11 is 0. The second-order valence-corrected chi connectivity index (χ2v) is 6.42. The highest BCUT2D eigenvalue weighted by Crippen LogP contribution is 2.26. The topological polar surface area (TPSA) is 64.9 Å². The van der Waals surface area contributed by atoms with Crippen LogP contribution in [0.15, 0.2) is 60.8 Å². The largest absolute Gasteiger partial charge is 0.378 e. The fraction of sp³-hybridized carbons (Fsp3) is 0.238. The van der Waals surface area contributed by atoms with Crippen molar-refractivity contribution in [3.8, 4) is 17.3 Å². The number of aromatic nitrogens is 2. The molecular weight excluding hydrogens is 324 g/mol. The Hall–Kier alpha value is -2.94. The van der Waals surface area contributed by atoms with Crippen LogP contribution in [0.2, 0.25) is 0 Å². The highest BCUT2D eigenvalue weighted by atomic mass is 16.5. The summed E-state index contributed by atoms with van der Waals surface area (Å²) in [6.45, 7) is 2.92. The van der Waals surface area contributed by atoms with Crippen molar-refractivity contribution in [3.05, 3.63) is 77.7 Å². The fourth-order valence-electron chi connectivity index (χ4n) is 3.32. The molecule has 3 aromatic rings. The third kappa shape index (κ3) is 3.52. The zero-order chi connectivity index (χ0) is 17.8. The van der Waals surface area contributed by atoms with Crippen LogP contribution in [-0.4, -0.2) is 34.6 Å². The zero-order valence-corrected chi connectivity index (χ0v) is 14.4. The Morgan fingerprint density at radius 3 is 2.92 bits per heavy atom. The maximum atomic E-state index is 9.11. The molecule has 1 aliphatic rings. The Kier molecular flexibility index (Phi) is 4.78. The van der Waals surface area contributed by atoms with Crippen molar-refractivity contribution in [1.82, 2.24) is 14.9 Å². The van der Waals surface area contributed by atoms with Crippen LogP contribution in [0.3, 0.4) is 0 Å². The quantitative estimate of drug-likeness (QED) is 0.786. The van der Waals surface area contributed by atoms with Crippen LogP contribution in [-0.2, 0) is 11.3 Å². The standard InChI is InChI=1S/C21H20N4O/c22-12-16-5-4-6-17(11-16)14-25-9-10-26-15-20(25)21-23-13-19(24-21)18-7-2-1-3-8-18/h1-8,11,13,20H,9-10,14-15H2,(H,23,24)/t20-/m0/s1. The number of nitriles is 1. The van der Waals surface area contributed by atoms with Crippen LogP contribution < -0.4 is 0 Å². The van der Waals surface area contributed by atoms with Gasteiger partial charge in [-0.25, -0.2) is 4.98 Å². The predicted octanol–water partition coefficient (Wildman–Crippen LogP) is 3.52. The van der Waals surface area contributed by atoms with Crippen molar-refractivity contribution in [2.24, 2.45) is 0 Å². The van der Waals surface area contributed by atoms with E-state index in [1.165, 1.54) is 0 Å². The second-order valence-electron chi connectivity index (χ2n) is 6.42. The molecule has 5 heteroatoms. The summed E-state index contributed by atoms with van der Waals surface area (Å²) < 4.78 is 5.71. The summed E-state index contributed by atoms with van der Waals surface area (Å²) in [5, 5.41) is 9.11. The maximum Gasteiger partial charge on any atom is 0.126 e. The van der Waals surface area contributed by atoms with Gasteiger partial charge in [0.25, 0.3) is 0 Å². The Labute approximate surface area is 152 Å². The molecule has 0 aliphatic carbocycles. The van der Waals surface area contributed by atoms with Crippen LogP contribution in [0.1, 0.15) is 23.0 Å². The molecule has 130 valence electrons. The van der Waals surface area contributed by atoms with Gasteiger partial charge in [-0.3, -0.25) is 4.90 Å². The number of morpholine rings is 1.